The van der Waals surface area contributed by atoms with Gasteiger partial charge in [0.1, 0.15) is 4.88 Å². The predicted molar refractivity (Wildman–Crippen MR) is 69.0 cm³/mol. The van der Waals surface area contributed by atoms with E-state index in [1.165, 1.54) is 16.2 Å². The fraction of sp³-hybridized carbons (Fsp3) is 0.250. The van der Waals surface area contributed by atoms with E-state index < -0.39 is 5.97 Å². The van der Waals surface area contributed by atoms with Crippen molar-refractivity contribution in [2.24, 2.45) is 0 Å². The summed E-state index contributed by atoms with van der Waals surface area (Å²) in [5.41, 5.74) is 0.758. The standard InChI is InChI=1S/C12H12O3S2/c13-12(14)11-9(4-7-17-11)8-15-5-3-10-2-1-6-16-10/h1-2,4,6-7H,3,5,8H2,(H,13,14). The minimum absolute atomic E-state index is 0.372. The van der Waals surface area contributed by atoms with Crippen molar-refractivity contribution in [3.05, 3.63) is 44.3 Å². The number of carboxylic acid groups (broad SMARTS) is 1. The summed E-state index contributed by atoms with van der Waals surface area (Å²) in [5, 5.41) is 12.7. The van der Waals surface area contributed by atoms with Crippen LogP contribution in [0.5, 0.6) is 0 Å². The maximum absolute atomic E-state index is 10.9. The lowest BCUT2D eigenvalue weighted by molar-refractivity contribution is 0.0694. The number of ether oxygens (including phenoxy) is 1. The van der Waals surface area contributed by atoms with Gasteiger partial charge in [0.05, 0.1) is 13.2 Å². The van der Waals surface area contributed by atoms with E-state index in [1.807, 2.05) is 11.4 Å². The first-order chi connectivity index (χ1) is 8.27. The summed E-state index contributed by atoms with van der Waals surface area (Å²) < 4.78 is 5.49. The lowest BCUT2D eigenvalue weighted by Crippen LogP contribution is -2.02. The zero-order chi connectivity index (χ0) is 12.1. The fourth-order valence-electron chi connectivity index (χ4n) is 1.45. The Morgan fingerprint density at radius 1 is 1.29 bits per heavy atom. The van der Waals surface area contributed by atoms with Crippen LogP contribution in [-0.2, 0) is 17.8 Å². The Morgan fingerprint density at radius 2 is 2.18 bits per heavy atom. The van der Waals surface area contributed by atoms with Gasteiger partial charge in [-0.05, 0) is 22.9 Å². The van der Waals surface area contributed by atoms with Gasteiger partial charge in [0.25, 0.3) is 0 Å². The molecule has 0 aliphatic rings. The Bertz CT molecular complexity index is 474. The largest absolute Gasteiger partial charge is 0.477 e. The highest BCUT2D eigenvalue weighted by molar-refractivity contribution is 7.12. The Labute approximate surface area is 107 Å². The number of carbonyl (C=O) groups is 1. The van der Waals surface area contributed by atoms with Crippen LogP contribution in [0.2, 0.25) is 0 Å². The highest BCUT2D eigenvalue weighted by Crippen LogP contribution is 2.18. The van der Waals surface area contributed by atoms with Crippen molar-refractivity contribution in [2.45, 2.75) is 13.0 Å². The minimum atomic E-state index is -0.878. The van der Waals surface area contributed by atoms with Gasteiger partial charge in [-0.25, -0.2) is 4.79 Å². The molecular weight excluding hydrogens is 256 g/mol. The van der Waals surface area contributed by atoms with Gasteiger partial charge in [-0.3, -0.25) is 0 Å². The van der Waals surface area contributed by atoms with Crippen molar-refractivity contribution >= 4 is 28.6 Å². The first-order valence-electron chi connectivity index (χ1n) is 5.17. The number of hydrogen-bond acceptors (Lipinski definition) is 4. The van der Waals surface area contributed by atoms with Crippen molar-refractivity contribution in [3.8, 4) is 0 Å². The normalized spacial score (nSPS) is 10.6. The van der Waals surface area contributed by atoms with Crippen LogP contribution in [0, 0.1) is 0 Å². The zero-order valence-electron chi connectivity index (χ0n) is 9.09. The van der Waals surface area contributed by atoms with E-state index in [0.29, 0.717) is 18.1 Å². The summed E-state index contributed by atoms with van der Waals surface area (Å²) in [6.07, 6.45) is 0.879. The van der Waals surface area contributed by atoms with Gasteiger partial charge in [0.15, 0.2) is 0 Å². The number of hydrogen-bond donors (Lipinski definition) is 1. The van der Waals surface area contributed by atoms with E-state index in [1.54, 1.807) is 22.8 Å². The van der Waals surface area contributed by atoms with Crippen LogP contribution in [-0.4, -0.2) is 17.7 Å². The molecule has 0 bridgehead atoms. The third-order valence-corrected chi connectivity index (χ3v) is 4.15. The molecule has 2 rings (SSSR count). The molecule has 0 atom stereocenters. The van der Waals surface area contributed by atoms with E-state index in [-0.39, 0.29) is 0 Å². The molecule has 5 heteroatoms. The highest BCUT2D eigenvalue weighted by atomic mass is 32.1. The van der Waals surface area contributed by atoms with Crippen molar-refractivity contribution in [1.29, 1.82) is 0 Å². The molecule has 90 valence electrons. The molecule has 2 aromatic heterocycles. The van der Waals surface area contributed by atoms with Crippen LogP contribution in [0.4, 0.5) is 0 Å². The number of carboxylic acids is 1. The molecule has 2 aromatic rings. The SMILES string of the molecule is O=C(O)c1sccc1COCCc1cccs1. The van der Waals surface area contributed by atoms with E-state index >= 15 is 0 Å². The van der Waals surface area contributed by atoms with Crippen molar-refractivity contribution in [2.75, 3.05) is 6.61 Å². The van der Waals surface area contributed by atoms with E-state index in [9.17, 15) is 4.79 Å². The fourth-order valence-corrected chi connectivity index (χ4v) is 2.88. The van der Waals surface area contributed by atoms with Crippen LogP contribution in [0.15, 0.2) is 29.0 Å². The Morgan fingerprint density at radius 3 is 2.88 bits per heavy atom. The quantitative estimate of drug-likeness (QED) is 0.818. The topological polar surface area (TPSA) is 46.5 Å². The number of rotatable bonds is 6. The molecule has 1 N–H and O–H groups in total. The monoisotopic (exact) mass is 268 g/mol. The summed E-state index contributed by atoms with van der Waals surface area (Å²) in [7, 11) is 0. The van der Waals surface area contributed by atoms with Crippen LogP contribution in [0.25, 0.3) is 0 Å². The van der Waals surface area contributed by atoms with Crippen LogP contribution in [0.3, 0.4) is 0 Å². The van der Waals surface area contributed by atoms with Gasteiger partial charge in [-0.15, -0.1) is 22.7 Å². The van der Waals surface area contributed by atoms with Crippen molar-refractivity contribution in [3.63, 3.8) is 0 Å². The molecule has 0 fully saturated rings. The maximum atomic E-state index is 10.9. The third-order valence-electron chi connectivity index (χ3n) is 2.27. The Balaban J connectivity index is 1.78. The second-order valence-electron chi connectivity index (χ2n) is 3.46. The Hall–Kier alpha value is -1.17. The molecule has 0 unspecified atom stereocenters. The molecule has 0 saturated heterocycles. The maximum Gasteiger partial charge on any atom is 0.346 e. The molecule has 0 radical (unpaired) electrons. The molecule has 0 amide bonds. The second kappa shape index (κ2) is 5.95. The van der Waals surface area contributed by atoms with E-state index in [4.69, 9.17) is 9.84 Å². The molecule has 0 aliphatic heterocycles. The first-order valence-corrected chi connectivity index (χ1v) is 6.93. The van der Waals surface area contributed by atoms with Crippen LogP contribution < -0.4 is 0 Å². The van der Waals surface area contributed by atoms with E-state index in [0.717, 1.165) is 12.0 Å². The number of thiophene rings is 2. The average molecular weight is 268 g/mol. The van der Waals surface area contributed by atoms with Gasteiger partial charge in [0, 0.05) is 16.9 Å². The summed E-state index contributed by atoms with van der Waals surface area (Å²) in [6.45, 7) is 0.992. The van der Waals surface area contributed by atoms with Crippen molar-refractivity contribution < 1.29 is 14.6 Å². The predicted octanol–water partition coefficient (Wildman–Crippen LogP) is 3.27. The van der Waals surface area contributed by atoms with Gasteiger partial charge in [0.2, 0.25) is 0 Å². The zero-order valence-corrected chi connectivity index (χ0v) is 10.7. The van der Waals surface area contributed by atoms with E-state index in [2.05, 4.69) is 6.07 Å². The third kappa shape index (κ3) is 3.39. The molecule has 17 heavy (non-hydrogen) atoms. The lowest BCUT2D eigenvalue weighted by Gasteiger charge is -2.02. The smallest absolute Gasteiger partial charge is 0.346 e. The number of aromatic carboxylic acids is 1. The van der Waals surface area contributed by atoms with Crippen LogP contribution >= 0.6 is 22.7 Å². The summed E-state index contributed by atoms with van der Waals surface area (Å²) in [4.78, 5) is 12.5. The molecule has 0 aromatic carbocycles. The van der Waals surface area contributed by atoms with Crippen molar-refractivity contribution in [1.82, 2.24) is 0 Å². The summed E-state index contributed by atoms with van der Waals surface area (Å²) in [5.74, 6) is -0.878. The van der Waals surface area contributed by atoms with Gasteiger partial charge < -0.3 is 9.84 Å². The highest BCUT2D eigenvalue weighted by Gasteiger charge is 2.11. The molecule has 0 spiro atoms. The molecule has 0 saturated carbocycles. The first kappa shape index (κ1) is 12.3. The van der Waals surface area contributed by atoms with Gasteiger partial charge in [-0.2, -0.15) is 0 Å². The average Bonchev–Trinajstić information content (AvgIpc) is 2.95. The summed E-state index contributed by atoms with van der Waals surface area (Å²) in [6, 6.07) is 5.89. The minimum Gasteiger partial charge on any atom is -0.477 e. The summed E-state index contributed by atoms with van der Waals surface area (Å²) >= 11 is 2.94. The van der Waals surface area contributed by atoms with Gasteiger partial charge in [-0.1, -0.05) is 6.07 Å². The Kier molecular flexibility index (Phi) is 4.30. The molecule has 3 nitrogen and oxygen atoms in total. The molecule has 2 heterocycles. The lowest BCUT2D eigenvalue weighted by atomic mass is 10.3. The second-order valence-corrected chi connectivity index (χ2v) is 5.41. The van der Waals surface area contributed by atoms with Crippen LogP contribution in [0.1, 0.15) is 20.1 Å². The van der Waals surface area contributed by atoms with Gasteiger partial charge >= 0.3 is 5.97 Å². The molecule has 0 aliphatic carbocycles. The molecular formula is C12H12O3S2.